The highest BCUT2D eigenvalue weighted by Crippen LogP contribution is 2.15. The van der Waals surface area contributed by atoms with Crippen LogP contribution in [-0.2, 0) is 16.4 Å². The quantitative estimate of drug-likeness (QED) is 0.569. The number of hydrogen-bond acceptors (Lipinski definition) is 4. The van der Waals surface area contributed by atoms with Gasteiger partial charge in [-0.05, 0) is 43.5 Å². The summed E-state index contributed by atoms with van der Waals surface area (Å²) in [5.41, 5.74) is 0.169. The van der Waals surface area contributed by atoms with Crippen LogP contribution < -0.4 is 15.8 Å². The Morgan fingerprint density at radius 3 is 2.31 bits per heavy atom. The molecule has 0 unspecified atom stereocenters. The monoisotopic (exact) mass is 373 g/mol. The number of rotatable bonds is 6. The van der Waals surface area contributed by atoms with E-state index in [1.165, 1.54) is 18.2 Å². The van der Waals surface area contributed by atoms with Crippen LogP contribution in [0.5, 0.6) is 0 Å². The molecule has 7 nitrogen and oxygen atoms in total. The lowest BCUT2D eigenvalue weighted by atomic mass is 10.1. The molecule has 1 heterocycles. The van der Waals surface area contributed by atoms with Crippen LogP contribution in [0.2, 0.25) is 0 Å². The minimum Gasteiger partial charge on any atom is -0.316 e. The van der Waals surface area contributed by atoms with Crippen molar-refractivity contribution in [2.75, 3.05) is 0 Å². The van der Waals surface area contributed by atoms with Crippen LogP contribution in [0.25, 0.3) is 11.0 Å². The third-order valence-corrected chi connectivity index (χ3v) is 5.66. The van der Waals surface area contributed by atoms with E-state index in [0.29, 0.717) is 11.9 Å². The van der Waals surface area contributed by atoms with Crippen molar-refractivity contribution >= 4 is 21.1 Å². The second-order valence-corrected chi connectivity index (χ2v) is 7.88. The summed E-state index contributed by atoms with van der Waals surface area (Å²) < 4.78 is 27.8. The van der Waals surface area contributed by atoms with Crippen molar-refractivity contribution in [3.63, 3.8) is 0 Å². The number of H-pyrrole nitrogens is 2. The first-order chi connectivity index (χ1) is 12.3. The molecule has 1 atom stereocenters. The third-order valence-electron chi connectivity index (χ3n) is 4.07. The lowest BCUT2D eigenvalue weighted by Crippen LogP contribution is -2.33. The Morgan fingerprint density at radius 2 is 1.62 bits per heavy atom. The molecule has 26 heavy (non-hydrogen) atoms. The number of fused-ring (bicyclic) bond motifs is 1. The number of hydrogen-bond donors (Lipinski definition) is 3. The van der Waals surface area contributed by atoms with Gasteiger partial charge in [0, 0.05) is 6.04 Å². The van der Waals surface area contributed by atoms with Crippen LogP contribution in [0.1, 0.15) is 18.9 Å². The summed E-state index contributed by atoms with van der Waals surface area (Å²) in [5, 5.41) is 0. The van der Waals surface area contributed by atoms with Gasteiger partial charge in [0.1, 0.15) is 0 Å². The summed E-state index contributed by atoms with van der Waals surface area (Å²) in [4.78, 5) is 27.6. The fraction of sp³-hybridized carbons (Fsp3) is 0.222. The SMILES string of the molecule is C[C@@H](CCc1ccccc1)NS(=O)(=O)c1ccc2[nH]c(=O)c(=O)[nH]c2c1. The second kappa shape index (κ2) is 7.27. The van der Waals surface area contributed by atoms with Crippen molar-refractivity contribution in [1.82, 2.24) is 14.7 Å². The molecule has 0 spiro atoms. The van der Waals surface area contributed by atoms with Crippen molar-refractivity contribution in [3.8, 4) is 0 Å². The van der Waals surface area contributed by atoms with E-state index in [9.17, 15) is 18.0 Å². The number of benzene rings is 2. The van der Waals surface area contributed by atoms with Crippen molar-refractivity contribution < 1.29 is 8.42 Å². The maximum absolute atomic E-state index is 12.6. The molecule has 3 aromatic rings. The molecule has 0 bridgehead atoms. The van der Waals surface area contributed by atoms with Crippen LogP contribution in [-0.4, -0.2) is 24.4 Å². The van der Waals surface area contributed by atoms with Gasteiger partial charge in [0.15, 0.2) is 0 Å². The first kappa shape index (κ1) is 18.1. The van der Waals surface area contributed by atoms with Crippen LogP contribution in [0, 0.1) is 0 Å². The minimum atomic E-state index is -3.74. The molecule has 2 aromatic carbocycles. The molecule has 0 saturated carbocycles. The van der Waals surface area contributed by atoms with Gasteiger partial charge >= 0.3 is 11.1 Å². The maximum atomic E-state index is 12.6. The summed E-state index contributed by atoms with van der Waals surface area (Å²) in [5.74, 6) is 0. The van der Waals surface area contributed by atoms with Crippen LogP contribution >= 0.6 is 0 Å². The Bertz CT molecular complexity index is 1130. The van der Waals surface area contributed by atoms with E-state index in [2.05, 4.69) is 14.7 Å². The molecule has 0 fully saturated rings. The Balaban J connectivity index is 1.77. The fourth-order valence-corrected chi connectivity index (χ4v) is 3.98. The normalized spacial score (nSPS) is 13.0. The van der Waals surface area contributed by atoms with Gasteiger partial charge in [0.05, 0.1) is 15.9 Å². The van der Waals surface area contributed by atoms with Crippen molar-refractivity contribution in [2.24, 2.45) is 0 Å². The number of aryl methyl sites for hydroxylation is 1. The molecule has 3 rings (SSSR count). The largest absolute Gasteiger partial charge is 0.316 e. The van der Waals surface area contributed by atoms with Crippen LogP contribution in [0.3, 0.4) is 0 Å². The summed E-state index contributed by atoms with van der Waals surface area (Å²) in [6.45, 7) is 1.81. The van der Waals surface area contributed by atoms with Gasteiger partial charge in [-0.15, -0.1) is 0 Å². The Hall–Kier alpha value is -2.71. The molecule has 0 saturated heterocycles. The summed E-state index contributed by atoms with van der Waals surface area (Å²) in [7, 11) is -3.74. The molecule has 0 aliphatic carbocycles. The standard InChI is InChI=1S/C18H19N3O4S/c1-12(7-8-13-5-3-2-4-6-13)21-26(24,25)14-9-10-15-16(11-14)20-18(23)17(22)19-15/h2-6,9-12,21H,7-8H2,1H3,(H,19,22)(H,20,23)/t12-/m0/s1. The van der Waals surface area contributed by atoms with Gasteiger partial charge in [0.2, 0.25) is 10.0 Å². The fourth-order valence-electron chi connectivity index (χ4n) is 2.68. The average molecular weight is 373 g/mol. The number of aromatic nitrogens is 2. The van der Waals surface area contributed by atoms with Gasteiger partial charge in [-0.1, -0.05) is 30.3 Å². The number of aromatic amines is 2. The summed E-state index contributed by atoms with van der Waals surface area (Å²) in [6, 6.07) is 13.8. The first-order valence-electron chi connectivity index (χ1n) is 8.18. The van der Waals surface area contributed by atoms with E-state index in [-0.39, 0.29) is 16.5 Å². The average Bonchev–Trinajstić information content (AvgIpc) is 2.61. The molecule has 8 heteroatoms. The van der Waals surface area contributed by atoms with E-state index >= 15 is 0 Å². The Morgan fingerprint density at radius 1 is 0.962 bits per heavy atom. The van der Waals surface area contributed by atoms with E-state index < -0.39 is 21.1 Å². The molecule has 3 N–H and O–H groups in total. The second-order valence-electron chi connectivity index (χ2n) is 6.16. The van der Waals surface area contributed by atoms with E-state index in [1.807, 2.05) is 30.3 Å². The topological polar surface area (TPSA) is 112 Å². The molecule has 0 aliphatic rings. The van der Waals surface area contributed by atoms with Gasteiger partial charge in [0.25, 0.3) is 0 Å². The van der Waals surface area contributed by atoms with Crippen molar-refractivity contribution in [2.45, 2.75) is 30.7 Å². The lowest BCUT2D eigenvalue weighted by molar-refractivity contribution is 0.547. The highest BCUT2D eigenvalue weighted by atomic mass is 32.2. The third kappa shape index (κ3) is 4.09. The maximum Gasteiger partial charge on any atom is 0.314 e. The molecular weight excluding hydrogens is 354 g/mol. The van der Waals surface area contributed by atoms with Gasteiger partial charge in [-0.25, -0.2) is 13.1 Å². The zero-order valence-corrected chi connectivity index (χ0v) is 15.0. The molecule has 0 amide bonds. The molecule has 136 valence electrons. The predicted octanol–water partition coefficient (Wildman–Crippen LogP) is 1.52. The molecule has 0 aliphatic heterocycles. The number of sulfonamides is 1. The van der Waals surface area contributed by atoms with E-state index in [1.54, 1.807) is 6.92 Å². The predicted molar refractivity (Wildman–Crippen MR) is 99.7 cm³/mol. The van der Waals surface area contributed by atoms with Gasteiger partial charge < -0.3 is 9.97 Å². The zero-order chi connectivity index (χ0) is 18.7. The Kier molecular flexibility index (Phi) is 5.06. The first-order valence-corrected chi connectivity index (χ1v) is 9.66. The van der Waals surface area contributed by atoms with E-state index in [4.69, 9.17) is 0 Å². The smallest absolute Gasteiger partial charge is 0.314 e. The molecule has 1 aromatic heterocycles. The summed E-state index contributed by atoms with van der Waals surface area (Å²) in [6.07, 6.45) is 1.41. The van der Waals surface area contributed by atoms with E-state index in [0.717, 1.165) is 12.0 Å². The van der Waals surface area contributed by atoms with Gasteiger partial charge in [-0.2, -0.15) is 0 Å². The zero-order valence-electron chi connectivity index (χ0n) is 14.2. The highest BCUT2D eigenvalue weighted by molar-refractivity contribution is 7.89. The van der Waals surface area contributed by atoms with Crippen molar-refractivity contribution in [1.29, 1.82) is 0 Å². The van der Waals surface area contributed by atoms with Crippen molar-refractivity contribution in [3.05, 3.63) is 74.8 Å². The lowest BCUT2D eigenvalue weighted by Gasteiger charge is -2.14. The Labute approximate surface area is 150 Å². The number of nitrogens with one attached hydrogen (secondary N) is 3. The summed E-state index contributed by atoms with van der Waals surface area (Å²) >= 11 is 0. The van der Waals surface area contributed by atoms with Crippen LogP contribution in [0.4, 0.5) is 0 Å². The highest BCUT2D eigenvalue weighted by Gasteiger charge is 2.18. The molecule has 0 radical (unpaired) electrons. The van der Waals surface area contributed by atoms with Gasteiger partial charge in [-0.3, -0.25) is 9.59 Å². The minimum absolute atomic E-state index is 0.0271. The van der Waals surface area contributed by atoms with Crippen LogP contribution in [0.15, 0.2) is 63.0 Å². The molecular formula is C18H19N3O4S.